The predicted molar refractivity (Wildman–Crippen MR) is 82.6 cm³/mol. The molecule has 0 aliphatic carbocycles. The van der Waals surface area contributed by atoms with Gasteiger partial charge in [-0.1, -0.05) is 6.07 Å². The number of rotatable bonds is 5. The summed E-state index contributed by atoms with van der Waals surface area (Å²) in [6, 6.07) is 4.49. The van der Waals surface area contributed by atoms with Crippen molar-refractivity contribution in [1.82, 2.24) is 9.88 Å². The second-order valence-electron chi connectivity index (χ2n) is 5.47. The molecule has 1 aliphatic heterocycles. The van der Waals surface area contributed by atoms with Gasteiger partial charge in [-0.3, -0.25) is 0 Å². The van der Waals surface area contributed by atoms with Gasteiger partial charge in [0, 0.05) is 44.6 Å². The monoisotopic (exact) mass is 342 g/mol. The summed E-state index contributed by atoms with van der Waals surface area (Å²) in [5, 5.41) is 9.06. The Hall–Kier alpha value is -0.490. The van der Waals surface area contributed by atoms with Crippen molar-refractivity contribution >= 4 is 15.9 Å². The first-order valence-corrected chi connectivity index (χ1v) is 7.93. The molecule has 1 fully saturated rings. The first-order chi connectivity index (χ1) is 9.61. The van der Waals surface area contributed by atoms with Gasteiger partial charge in [0.1, 0.15) is 4.60 Å². The molecule has 1 atom stereocenters. The number of halogens is 1. The molecule has 20 heavy (non-hydrogen) atoms. The number of aliphatic hydroxyl groups is 1. The van der Waals surface area contributed by atoms with Crippen LogP contribution in [0.3, 0.4) is 0 Å². The Labute approximate surface area is 129 Å². The molecule has 1 aromatic rings. The van der Waals surface area contributed by atoms with Gasteiger partial charge in [0.25, 0.3) is 0 Å². The van der Waals surface area contributed by atoms with Gasteiger partial charge >= 0.3 is 0 Å². The minimum Gasteiger partial charge on any atom is -0.396 e. The highest BCUT2D eigenvalue weighted by Crippen LogP contribution is 2.36. The van der Waals surface area contributed by atoms with Gasteiger partial charge in [0.05, 0.1) is 5.60 Å². The van der Waals surface area contributed by atoms with Crippen molar-refractivity contribution in [2.45, 2.75) is 37.8 Å². The Bertz CT molecular complexity index is 416. The van der Waals surface area contributed by atoms with Crippen LogP contribution in [0.15, 0.2) is 22.9 Å². The van der Waals surface area contributed by atoms with E-state index in [9.17, 15) is 0 Å². The lowest BCUT2D eigenvalue weighted by Crippen LogP contribution is -2.47. The van der Waals surface area contributed by atoms with Crippen molar-refractivity contribution in [2.24, 2.45) is 0 Å². The van der Waals surface area contributed by atoms with Crippen LogP contribution in [0.4, 0.5) is 0 Å². The number of piperidine rings is 1. The number of aromatic nitrogens is 1. The van der Waals surface area contributed by atoms with E-state index < -0.39 is 0 Å². The SMILES string of the molecule is COC1(c2ccc(Br)nc2)CCN([C@H](C)CCO)CC1. The van der Waals surface area contributed by atoms with Crippen molar-refractivity contribution in [3.63, 3.8) is 0 Å². The Morgan fingerprint density at radius 3 is 2.65 bits per heavy atom. The molecule has 0 aromatic carbocycles. The van der Waals surface area contributed by atoms with E-state index in [1.54, 1.807) is 7.11 Å². The molecule has 2 heterocycles. The van der Waals surface area contributed by atoms with E-state index in [1.165, 1.54) is 0 Å². The first-order valence-electron chi connectivity index (χ1n) is 7.13. The quantitative estimate of drug-likeness (QED) is 0.835. The third-order valence-electron chi connectivity index (χ3n) is 4.42. The highest BCUT2D eigenvalue weighted by molar-refractivity contribution is 9.10. The van der Waals surface area contributed by atoms with Crippen LogP contribution in [-0.2, 0) is 10.3 Å². The summed E-state index contributed by atoms with van der Waals surface area (Å²) in [6.45, 7) is 4.41. The van der Waals surface area contributed by atoms with Crippen LogP contribution < -0.4 is 0 Å². The smallest absolute Gasteiger partial charge is 0.106 e. The number of pyridine rings is 1. The molecule has 0 unspecified atom stereocenters. The second kappa shape index (κ2) is 6.98. The minimum atomic E-state index is -0.219. The number of hydrogen-bond donors (Lipinski definition) is 1. The summed E-state index contributed by atoms with van der Waals surface area (Å²) in [4.78, 5) is 6.75. The molecule has 5 heteroatoms. The van der Waals surface area contributed by atoms with Crippen LogP contribution in [0.25, 0.3) is 0 Å². The Morgan fingerprint density at radius 2 is 2.15 bits per heavy atom. The summed E-state index contributed by atoms with van der Waals surface area (Å²) in [7, 11) is 1.79. The van der Waals surface area contributed by atoms with Gasteiger partial charge in [0.2, 0.25) is 0 Å². The van der Waals surface area contributed by atoms with Crippen molar-refractivity contribution in [3.8, 4) is 0 Å². The maximum Gasteiger partial charge on any atom is 0.106 e. The number of hydrogen-bond acceptors (Lipinski definition) is 4. The summed E-state index contributed by atoms with van der Waals surface area (Å²) in [6.07, 6.45) is 4.66. The van der Waals surface area contributed by atoms with Crippen molar-refractivity contribution in [3.05, 3.63) is 28.5 Å². The average Bonchev–Trinajstić information content (AvgIpc) is 2.48. The summed E-state index contributed by atoms with van der Waals surface area (Å²) in [5.41, 5.74) is 0.931. The van der Waals surface area contributed by atoms with E-state index in [-0.39, 0.29) is 12.2 Å². The number of likely N-dealkylation sites (tertiary alicyclic amines) is 1. The number of ether oxygens (including phenoxy) is 1. The lowest BCUT2D eigenvalue weighted by molar-refractivity contribution is -0.0693. The molecule has 0 radical (unpaired) electrons. The molecule has 2 rings (SSSR count). The van der Waals surface area contributed by atoms with Crippen molar-refractivity contribution < 1.29 is 9.84 Å². The molecule has 1 saturated heterocycles. The largest absolute Gasteiger partial charge is 0.396 e. The summed E-state index contributed by atoms with van der Waals surface area (Å²) < 4.78 is 6.71. The molecule has 0 amide bonds. The zero-order valence-electron chi connectivity index (χ0n) is 12.2. The van der Waals surface area contributed by atoms with Gasteiger partial charge in [-0.15, -0.1) is 0 Å². The summed E-state index contributed by atoms with van der Waals surface area (Å²) >= 11 is 3.37. The van der Waals surface area contributed by atoms with E-state index in [0.29, 0.717) is 6.04 Å². The van der Waals surface area contributed by atoms with Crippen LogP contribution in [0.2, 0.25) is 0 Å². The fourth-order valence-corrected chi connectivity index (χ4v) is 3.19. The molecule has 1 N–H and O–H groups in total. The van der Waals surface area contributed by atoms with Gasteiger partial charge < -0.3 is 14.7 Å². The highest BCUT2D eigenvalue weighted by atomic mass is 79.9. The Kier molecular flexibility index (Phi) is 5.55. The van der Waals surface area contributed by atoms with E-state index in [1.807, 2.05) is 12.3 Å². The number of methoxy groups -OCH3 is 1. The third kappa shape index (κ3) is 3.39. The van der Waals surface area contributed by atoms with Gasteiger partial charge in [-0.05, 0) is 48.2 Å². The third-order valence-corrected chi connectivity index (χ3v) is 4.89. The van der Waals surface area contributed by atoms with Crippen LogP contribution in [0.5, 0.6) is 0 Å². The minimum absolute atomic E-state index is 0.219. The molecule has 112 valence electrons. The number of aliphatic hydroxyl groups excluding tert-OH is 1. The Morgan fingerprint density at radius 1 is 1.45 bits per heavy atom. The summed E-state index contributed by atoms with van der Waals surface area (Å²) in [5.74, 6) is 0. The second-order valence-corrected chi connectivity index (χ2v) is 6.28. The molecule has 4 nitrogen and oxygen atoms in total. The lowest BCUT2D eigenvalue weighted by atomic mass is 9.84. The molecule has 1 aliphatic rings. The van der Waals surface area contributed by atoms with Crippen molar-refractivity contribution in [1.29, 1.82) is 0 Å². The van der Waals surface area contributed by atoms with Crippen LogP contribution >= 0.6 is 15.9 Å². The fourth-order valence-electron chi connectivity index (χ4n) is 2.95. The zero-order valence-corrected chi connectivity index (χ0v) is 13.8. The predicted octanol–water partition coefficient (Wildman–Crippen LogP) is 2.55. The standard InChI is InChI=1S/C15H23BrN2O2/c1-12(5-10-19)18-8-6-15(20-2,7-9-18)13-3-4-14(16)17-11-13/h3-4,11-12,19H,5-10H2,1-2H3/t12-/m1/s1. The average molecular weight is 343 g/mol. The maximum absolute atomic E-state index is 9.06. The maximum atomic E-state index is 9.06. The van der Waals surface area contributed by atoms with Gasteiger partial charge in [0.15, 0.2) is 0 Å². The highest BCUT2D eigenvalue weighted by Gasteiger charge is 2.37. The molecular weight excluding hydrogens is 320 g/mol. The van der Waals surface area contributed by atoms with E-state index >= 15 is 0 Å². The van der Waals surface area contributed by atoms with E-state index in [0.717, 1.165) is 42.5 Å². The van der Waals surface area contributed by atoms with Crippen molar-refractivity contribution in [2.75, 3.05) is 26.8 Å². The van der Waals surface area contributed by atoms with Crippen LogP contribution in [0, 0.1) is 0 Å². The topological polar surface area (TPSA) is 45.6 Å². The molecular formula is C15H23BrN2O2. The fraction of sp³-hybridized carbons (Fsp3) is 0.667. The van der Waals surface area contributed by atoms with E-state index in [4.69, 9.17) is 9.84 Å². The van der Waals surface area contributed by atoms with Gasteiger partial charge in [-0.25, -0.2) is 4.98 Å². The zero-order chi connectivity index (χ0) is 14.6. The molecule has 1 aromatic heterocycles. The van der Waals surface area contributed by atoms with Crippen LogP contribution in [0.1, 0.15) is 31.7 Å². The molecule has 0 spiro atoms. The van der Waals surface area contributed by atoms with Gasteiger partial charge in [-0.2, -0.15) is 0 Å². The normalized spacial score (nSPS) is 20.8. The molecule has 0 saturated carbocycles. The Balaban J connectivity index is 2.06. The van der Waals surface area contributed by atoms with E-state index in [2.05, 4.69) is 38.8 Å². The van der Waals surface area contributed by atoms with Crippen LogP contribution in [-0.4, -0.2) is 47.8 Å². The number of nitrogens with zero attached hydrogens (tertiary/aromatic N) is 2. The molecule has 0 bridgehead atoms. The first kappa shape index (κ1) is 15.9. The lowest BCUT2D eigenvalue weighted by Gasteiger charge is -2.43.